The summed E-state index contributed by atoms with van der Waals surface area (Å²) in [5, 5.41) is 2.83. The SMILES string of the molecule is CC1Oc2ccccc2N(CCC(=O)Nc2ccc(CN)cc2)C1=O. The van der Waals surface area contributed by atoms with Crippen LogP contribution in [0.5, 0.6) is 5.75 Å². The molecule has 2 aromatic rings. The van der Waals surface area contributed by atoms with E-state index >= 15 is 0 Å². The molecule has 130 valence electrons. The molecule has 6 heteroatoms. The zero-order chi connectivity index (χ0) is 17.8. The van der Waals surface area contributed by atoms with Crippen LogP contribution in [0.25, 0.3) is 0 Å². The summed E-state index contributed by atoms with van der Waals surface area (Å²) in [5.74, 6) is 0.371. The summed E-state index contributed by atoms with van der Waals surface area (Å²) >= 11 is 0. The van der Waals surface area contributed by atoms with E-state index < -0.39 is 6.10 Å². The van der Waals surface area contributed by atoms with Crippen LogP contribution in [0.2, 0.25) is 0 Å². The Hall–Kier alpha value is -2.86. The minimum atomic E-state index is -0.554. The topological polar surface area (TPSA) is 84.7 Å². The molecule has 1 atom stereocenters. The quantitative estimate of drug-likeness (QED) is 0.875. The second-order valence-corrected chi connectivity index (χ2v) is 5.92. The minimum Gasteiger partial charge on any atom is -0.479 e. The third kappa shape index (κ3) is 3.80. The number of nitrogens with two attached hydrogens (primary N) is 1. The summed E-state index contributed by atoms with van der Waals surface area (Å²) in [6.45, 7) is 2.48. The molecule has 0 bridgehead atoms. The van der Waals surface area contributed by atoms with Crippen LogP contribution < -0.4 is 20.7 Å². The molecule has 0 fully saturated rings. The molecule has 0 radical (unpaired) electrons. The van der Waals surface area contributed by atoms with Crippen molar-refractivity contribution in [3.05, 3.63) is 54.1 Å². The Morgan fingerprint density at radius 1 is 1.20 bits per heavy atom. The van der Waals surface area contributed by atoms with E-state index in [4.69, 9.17) is 10.5 Å². The molecule has 2 aromatic carbocycles. The van der Waals surface area contributed by atoms with Crippen LogP contribution in [0, 0.1) is 0 Å². The third-order valence-corrected chi connectivity index (χ3v) is 4.11. The third-order valence-electron chi connectivity index (χ3n) is 4.11. The Morgan fingerprint density at radius 2 is 1.92 bits per heavy atom. The maximum atomic E-state index is 12.4. The summed E-state index contributed by atoms with van der Waals surface area (Å²) in [6.07, 6.45) is -0.354. The Kier molecular flexibility index (Phi) is 5.00. The number of fused-ring (bicyclic) bond motifs is 1. The van der Waals surface area contributed by atoms with Gasteiger partial charge in [-0.2, -0.15) is 0 Å². The van der Waals surface area contributed by atoms with Crippen molar-refractivity contribution in [3.8, 4) is 5.75 Å². The second-order valence-electron chi connectivity index (χ2n) is 5.92. The highest BCUT2D eigenvalue weighted by atomic mass is 16.5. The van der Waals surface area contributed by atoms with Gasteiger partial charge >= 0.3 is 0 Å². The zero-order valence-corrected chi connectivity index (χ0v) is 14.1. The number of amides is 2. The van der Waals surface area contributed by atoms with Gasteiger partial charge in [-0.1, -0.05) is 24.3 Å². The average Bonchev–Trinajstić information content (AvgIpc) is 2.63. The van der Waals surface area contributed by atoms with Crippen LogP contribution in [0.4, 0.5) is 11.4 Å². The Morgan fingerprint density at radius 3 is 2.64 bits per heavy atom. The molecule has 0 spiro atoms. The number of carbonyl (C=O) groups excluding carboxylic acids is 2. The molecule has 25 heavy (non-hydrogen) atoms. The van der Waals surface area contributed by atoms with Gasteiger partial charge in [-0.3, -0.25) is 9.59 Å². The van der Waals surface area contributed by atoms with E-state index in [-0.39, 0.29) is 18.2 Å². The molecular weight excluding hydrogens is 318 g/mol. The van der Waals surface area contributed by atoms with Crippen molar-refractivity contribution >= 4 is 23.2 Å². The first-order valence-corrected chi connectivity index (χ1v) is 8.24. The van der Waals surface area contributed by atoms with E-state index in [2.05, 4.69) is 5.32 Å². The fourth-order valence-corrected chi connectivity index (χ4v) is 2.75. The van der Waals surface area contributed by atoms with E-state index in [9.17, 15) is 9.59 Å². The average molecular weight is 339 g/mol. The summed E-state index contributed by atoms with van der Waals surface area (Å²) in [6, 6.07) is 14.7. The smallest absolute Gasteiger partial charge is 0.267 e. The number of carbonyl (C=O) groups is 2. The minimum absolute atomic E-state index is 0.140. The predicted octanol–water partition coefficient (Wildman–Crippen LogP) is 2.29. The van der Waals surface area contributed by atoms with Crippen molar-refractivity contribution in [2.75, 3.05) is 16.8 Å². The van der Waals surface area contributed by atoms with Gasteiger partial charge in [0.15, 0.2) is 6.10 Å². The number of rotatable bonds is 5. The van der Waals surface area contributed by atoms with Gasteiger partial charge in [0.05, 0.1) is 5.69 Å². The highest BCUT2D eigenvalue weighted by Gasteiger charge is 2.31. The maximum absolute atomic E-state index is 12.4. The predicted molar refractivity (Wildman–Crippen MR) is 96.5 cm³/mol. The molecule has 1 unspecified atom stereocenters. The highest BCUT2D eigenvalue weighted by molar-refractivity contribution is 6.00. The highest BCUT2D eigenvalue weighted by Crippen LogP contribution is 2.33. The lowest BCUT2D eigenvalue weighted by molar-refractivity contribution is -0.125. The molecule has 1 heterocycles. The zero-order valence-electron chi connectivity index (χ0n) is 14.1. The number of nitrogens with one attached hydrogen (secondary N) is 1. The molecule has 0 aliphatic carbocycles. The molecule has 1 aliphatic heterocycles. The van der Waals surface area contributed by atoms with Crippen LogP contribution in [0.3, 0.4) is 0 Å². The van der Waals surface area contributed by atoms with Gasteiger partial charge in [-0.05, 0) is 36.8 Å². The summed E-state index contributed by atoms with van der Waals surface area (Å²) < 4.78 is 5.60. The van der Waals surface area contributed by atoms with Gasteiger partial charge in [-0.15, -0.1) is 0 Å². The first-order valence-electron chi connectivity index (χ1n) is 8.24. The first kappa shape index (κ1) is 17.0. The van der Waals surface area contributed by atoms with Gasteiger partial charge in [0, 0.05) is 25.2 Å². The van der Waals surface area contributed by atoms with Gasteiger partial charge in [0.1, 0.15) is 5.75 Å². The van der Waals surface area contributed by atoms with Crippen molar-refractivity contribution in [3.63, 3.8) is 0 Å². The molecule has 0 aromatic heterocycles. The molecule has 0 saturated carbocycles. The Balaban J connectivity index is 1.64. The number of nitrogens with zero attached hydrogens (tertiary/aromatic N) is 1. The van der Waals surface area contributed by atoms with Crippen molar-refractivity contribution < 1.29 is 14.3 Å². The van der Waals surface area contributed by atoms with Crippen LogP contribution in [0.15, 0.2) is 48.5 Å². The molecule has 2 amide bonds. The monoisotopic (exact) mass is 339 g/mol. The van der Waals surface area contributed by atoms with Crippen molar-refractivity contribution in [1.29, 1.82) is 0 Å². The van der Waals surface area contributed by atoms with Crippen LogP contribution in [-0.2, 0) is 16.1 Å². The van der Waals surface area contributed by atoms with Crippen molar-refractivity contribution in [1.82, 2.24) is 0 Å². The number of benzene rings is 2. The molecule has 3 rings (SSSR count). The number of hydrogen-bond donors (Lipinski definition) is 2. The maximum Gasteiger partial charge on any atom is 0.267 e. The first-order chi connectivity index (χ1) is 12.1. The Bertz CT molecular complexity index is 774. The van der Waals surface area contributed by atoms with Gasteiger partial charge in [0.25, 0.3) is 5.91 Å². The summed E-state index contributed by atoms with van der Waals surface area (Å²) in [4.78, 5) is 26.2. The molecule has 6 nitrogen and oxygen atoms in total. The second kappa shape index (κ2) is 7.36. The fourth-order valence-electron chi connectivity index (χ4n) is 2.75. The Labute approximate surface area is 146 Å². The lowest BCUT2D eigenvalue weighted by Gasteiger charge is -2.32. The summed E-state index contributed by atoms with van der Waals surface area (Å²) in [7, 11) is 0. The number of para-hydroxylation sites is 2. The molecule has 1 aliphatic rings. The molecular formula is C19H21N3O3. The number of ether oxygens (including phenoxy) is 1. The van der Waals surface area contributed by atoms with Crippen LogP contribution in [0.1, 0.15) is 18.9 Å². The summed E-state index contributed by atoms with van der Waals surface area (Å²) in [5.41, 5.74) is 7.97. The van der Waals surface area contributed by atoms with Crippen LogP contribution in [-0.4, -0.2) is 24.5 Å². The standard InChI is InChI=1S/C19H21N3O3/c1-13-19(24)22(16-4-2-3-5-17(16)25-13)11-10-18(23)21-15-8-6-14(12-20)7-9-15/h2-9,13H,10-12,20H2,1H3,(H,21,23). The van der Waals surface area contributed by atoms with Crippen molar-refractivity contribution in [2.45, 2.75) is 26.0 Å². The lowest BCUT2D eigenvalue weighted by atomic mass is 10.1. The largest absolute Gasteiger partial charge is 0.479 e. The van der Waals surface area contributed by atoms with E-state index in [0.717, 1.165) is 5.56 Å². The molecule has 3 N–H and O–H groups in total. The lowest BCUT2D eigenvalue weighted by Crippen LogP contribution is -2.45. The van der Waals surface area contributed by atoms with E-state index in [1.807, 2.05) is 48.5 Å². The normalized spacial score (nSPS) is 16.2. The van der Waals surface area contributed by atoms with Gasteiger partial charge in [0.2, 0.25) is 5.91 Å². The van der Waals surface area contributed by atoms with E-state index in [1.54, 1.807) is 11.8 Å². The number of anilines is 2. The fraction of sp³-hybridized carbons (Fsp3) is 0.263. The van der Waals surface area contributed by atoms with E-state index in [1.165, 1.54) is 0 Å². The van der Waals surface area contributed by atoms with Gasteiger partial charge < -0.3 is 20.7 Å². The number of hydrogen-bond acceptors (Lipinski definition) is 4. The molecule has 0 saturated heterocycles. The van der Waals surface area contributed by atoms with E-state index in [0.29, 0.717) is 30.2 Å². The van der Waals surface area contributed by atoms with Crippen molar-refractivity contribution in [2.24, 2.45) is 5.73 Å². The van der Waals surface area contributed by atoms with Gasteiger partial charge in [-0.25, -0.2) is 0 Å². The van der Waals surface area contributed by atoms with Crippen LogP contribution >= 0.6 is 0 Å².